The van der Waals surface area contributed by atoms with Crippen molar-refractivity contribution in [3.05, 3.63) is 70.8 Å². The second-order valence-electron chi connectivity index (χ2n) is 4.75. The molecule has 2 nitrogen and oxygen atoms in total. The van der Waals surface area contributed by atoms with Crippen LogP contribution in [-0.4, -0.2) is 5.91 Å². The Labute approximate surface area is 130 Å². The minimum absolute atomic E-state index is 0.160. The predicted molar refractivity (Wildman–Crippen MR) is 89.8 cm³/mol. The number of benzene rings is 2. The van der Waals surface area contributed by atoms with Gasteiger partial charge in [-0.1, -0.05) is 61.4 Å². The lowest BCUT2D eigenvalue weighted by atomic mass is 10.1. The molecule has 0 spiro atoms. The fourth-order valence-electron chi connectivity index (χ4n) is 1.89. The van der Waals surface area contributed by atoms with Crippen molar-refractivity contribution in [3.8, 4) is 0 Å². The summed E-state index contributed by atoms with van der Waals surface area (Å²) in [5.74, 6) is -0.160. The number of carbonyl (C=O) groups excluding carboxylic acids is 1. The number of unbranched alkanes of at least 4 members (excludes halogenated alkanes) is 1. The van der Waals surface area contributed by atoms with Crippen molar-refractivity contribution in [2.45, 2.75) is 19.8 Å². The number of anilines is 1. The van der Waals surface area contributed by atoms with E-state index in [2.05, 4.69) is 24.4 Å². The molecule has 2 rings (SSSR count). The van der Waals surface area contributed by atoms with Crippen LogP contribution in [0, 0.1) is 0 Å². The van der Waals surface area contributed by atoms with Crippen LogP contribution in [0.4, 0.5) is 5.69 Å². The third kappa shape index (κ3) is 4.47. The van der Waals surface area contributed by atoms with E-state index < -0.39 is 0 Å². The molecule has 2 aromatic carbocycles. The van der Waals surface area contributed by atoms with Gasteiger partial charge in [-0.2, -0.15) is 0 Å². The molecule has 0 heterocycles. The predicted octanol–water partition coefficient (Wildman–Crippen LogP) is 5.41. The van der Waals surface area contributed by atoms with Gasteiger partial charge < -0.3 is 5.32 Å². The normalized spacial score (nSPS) is 10.8. The second kappa shape index (κ2) is 7.65. The molecule has 0 fully saturated rings. The Morgan fingerprint density at radius 3 is 2.52 bits per heavy atom. The molecule has 0 saturated heterocycles. The topological polar surface area (TPSA) is 29.1 Å². The standard InChI is InChI=1S/C18H18ClNO/c1-2-3-4-7-14-10-12-15(13-11-14)18(21)20-17-9-6-5-8-16(17)19/h4-13H,2-3H2,1H3,(H,20,21). The molecule has 0 aromatic heterocycles. The van der Waals surface area contributed by atoms with Gasteiger partial charge in [-0.05, 0) is 36.2 Å². The van der Waals surface area contributed by atoms with Gasteiger partial charge in [0.25, 0.3) is 5.91 Å². The smallest absolute Gasteiger partial charge is 0.255 e. The van der Waals surface area contributed by atoms with Gasteiger partial charge in [0.05, 0.1) is 10.7 Å². The Hall–Kier alpha value is -2.06. The van der Waals surface area contributed by atoms with Crippen molar-refractivity contribution in [1.82, 2.24) is 0 Å². The van der Waals surface area contributed by atoms with Gasteiger partial charge in [0, 0.05) is 5.56 Å². The minimum Gasteiger partial charge on any atom is -0.321 e. The van der Waals surface area contributed by atoms with Crippen LogP contribution >= 0.6 is 11.6 Å². The van der Waals surface area contributed by atoms with Gasteiger partial charge >= 0.3 is 0 Å². The molecule has 108 valence electrons. The SMILES string of the molecule is CCCC=Cc1ccc(C(=O)Nc2ccccc2Cl)cc1. The summed E-state index contributed by atoms with van der Waals surface area (Å²) in [6, 6.07) is 14.7. The maximum absolute atomic E-state index is 12.2. The number of nitrogens with one attached hydrogen (secondary N) is 1. The average molecular weight is 300 g/mol. The first-order valence-electron chi connectivity index (χ1n) is 7.03. The second-order valence-corrected chi connectivity index (χ2v) is 5.15. The molecule has 21 heavy (non-hydrogen) atoms. The molecule has 1 amide bonds. The zero-order valence-electron chi connectivity index (χ0n) is 12.0. The van der Waals surface area contributed by atoms with Crippen molar-refractivity contribution < 1.29 is 4.79 Å². The monoisotopic (exact) mass is 299 g/mol. The summed E-state index contributed by atoms with van der Waals surface area (Å²) in [6.07, 6.45) is 6.40. The molecular formula is C18H18ClNO. The molecule has 0 saturated carbocycles. The first-order chi connectivity index (χ1) is 10.2. The summed E-state index contributed by atoms with van der Waals surface area (Å²) in [6.45, 7) is 2.15. The van der Waals surface area contributed by atoms with E-state index in [1.54, 1.807) is 12.1 Å². The number of hydrogen-bond donors (Lipinski definition) is 1. The third-order valence-corrected chi connectivity index (χ3v) is 3.39. The highest BCUT2D eigenvalue weighted by molar-refractivity contribution is 6.33. The Kier molecular flexibility index (Phi) is 5.59. The molecule has 0 bridgehead atoms. The number of hydrogen-bond acceptors (Lipinski definition) is 1. The quantitative estimate of drug-likeness (QED) is 0.786. The van der Waals surface area contributed by atoms with Gasteiger partial charge in [0.1, 0.15) is 0 Å². The first-order valence-corrected chi connectivity index (χ1v) is 7.41. The van der Waals surface area contributed by atoms with Gasteiger partial charge in [-0.15, -0.1) is 0 Å². The Balaban J connectivity index is 2.05. The molecule has 0 unspecified atom stereocenters. The summed E-state index contributed by atoms with van der Waals surface area (Å²) in [5.41, 5.74) is 2.33. The van der Waals surface area contributed by atoms with Crippen molar-refractivity contribution in [1.29, 1.82) is 0 Å². The number of allylic oxidation sites excluding steroid dienone is 1. The van der Waals surface area contributed by atoms with Gasteiger partial charge in [-0.25, -0.2) is 0 Å². The van der Waals surface area contributed by atoms with E-state index in [4.69, 9.17) is 11.6 Å². The molecule has 0 aliphatic rings. The van der Waals surface area contributed by atoms with Gasteiger partial charge in [0.2, 0.25) is 0 Å². The largest absolute Gasteiger partial charge is 0.321 e. The average Bonchev–Trinajstić information content (AvgIpc) is 2.50. The zero-order chi connectivity index (χ0) is 15.1. The van der Waals surface area contributed by atoms with Crippen LogP contribution < -0.4 is 5.32 Å². The van der Waals surface area contributed by atoms with Crippen LogP contribution in [0.3, 0.4) is 0 Å². The van der Waals surface area contributed by atoms with Crippen LogP contribution in [0.2, 0.25) is 5.02 Å². The highest BCUT2D eigenvalue weighted by Crippen LogP contribution is 2.21. The fourth-order valence-corrected chi connectivity index (χ4v) is 2.07. The number of halogens is 1. The number of rotatable bonds is 5. The lowest BCUT2D eigenvalue weighted by molar-refractivity contribution is 0.102. The lowest BCUT2D eigenvalue weighted by Crippen LogP contribution is -2.11. The summed E-state index contributed by atoms with van der Waals surface area (Å²) in [4.78, 5) is 12.2. The van der Waals surface area contributed by atoms with E-state index in [0.29, 0.717) is 16.3 Å². The summed E-state index contributed by atoms with van der Waals surface area (Å²) < 4.78 is 0. The fraction of sp³-hybridized carbons (Fsp3) is 0.167. The first kappa shape index (κ1) is 15.3. The Morgan fingerprint density at radius 1 is 1.14 bits per heavy atom. The van der Waals surface area contributed by atoms with Crippen molar-refractivity contribution >= 4 is 29.3 Å². The molecule has 2 aromatic rings. The molecule has 0 radical (unpaired) electrons. The van der Waals surface area contributed by atoms with E-state index in [0.717, 1.165) is 18.4 Å². The summed E-state index contributed by atoms with van der Waals surface area (Å²) in [7, 11) is 0. The van der Waals surface area contributed by atoms with E-state index >= 15 is 0 Å². The summed E-state index contributed by atoms with van der Waals surface area (Å²) >= 11 is 6.03. The molecule has 0 atom stereocenters. The van der Waals surface area contributed by atoms with Gasteiger partial charge in [0.15, 0.2) is 0 Å². The number of carbonyl (C=O) groups is 1. The maximum atomic E-state index is 12.2. The van der Waals surface area contributed by atoms with Crippen LogP contribution in [0.5, 0.6) is 0 Å². The van der Waals surface area contributed by atoms with E-state index in [1.165, 1.54) is 0 Å². The van der Waals surface area contributed by atoms with E-state index in [9.17, 15) is 4.79 Å². The van der Waals surface area contributed by atoms with E-state index in [-0.39, 0.29) is 5.91 Å². The number of para-hydroxylation sites is 1. The van der Waals surface area contributed by atoms with Crippen LogP contribution in [0.25, 0.3) is 6.08 Å². The molecule has 3 heteroatoms. The third-order valence-electron chi connectivity index (χ3n) is 3.06. The van der Waals surface area contributed by atoms with Crippen LogP contribution in [-0.2, 0) is 0 Å². The van der Waals surface area contributed by atoms with Crippen molar-refractivity contribution in [3.63, 3.8) is 0 Å². The molecule has 1 N–H and O–H groups in total. The highest BCUT2D eigenvalue weighted by Gasteiger charge is 2.07. The number of amides is 1. The highest BCUT2D eigenvalue weighted by atomic mass is 35.5. The zero-order valence-corrected chi connectivity index (χ0v) is 12.7. The Morgan fingerprint density at radius 2 is 1.86 bits per heavy atom. The van der Waals surface area contributed by atoms with Gasteiger partial charge in [-0.3, -0.25) is 4.79 Å². The van der Waals surface area contributed by atoms with Crippen molar-refractivity contribution in [2.24, 2.45) is 0 Å². The molecule has 0 aliphatic heterocycles. The maximum Gasteiger partial charge on any atom is 0.255 e. The van der Waals surface area contributed by atoms with Crippen LogP contribution in [0.15, 0.2) is 54.6 Å². The minimum atomic E-state index is -0.160. The summed E-state index contributed by atoms with van der Waals surface area (Å²) in [5, 5.41) is 3.34. The molecule has 0 aliphatic carbocycles. The lowest BCUT2D eigenvalue weighted by Gasteiger charge is -2.07. The van der Waals surface area contributed by atoms with E-state index in [1.807, 2.05) is 36.4 Å². The van der Waals surface area contributed by atoms with Crippen LogP contribution in [0.1, 0.15) is 35.7 Å². The Bertz CT molecular complexity index is 632. The molecular weight excluding hydrogens is 282 g/mol. The van der Waals surface area contributed by atoms with Crippen molar-refractivity contribution in [2.75, 3.05) is 5.32 Å².